The Morgan fingerprint density at radius 3 is 2.78 bits per heavy atom. The molecule has 0 amide bonds. The van der Waals surface area contributed by atoms with E-state index in [4.69, 9.17) is 31.8 Å². The van der Waals surface area contributed by atoms with Crippen LogP contribution in [0.25, 0.3) is 33.5 Å². The van der Waals surface area contributed by atoms with Crippen LogP contribution in [-0.4, -0.2) is 54.0 Å². The van der Waals surface area contributed by atoms with Crippen LogP contribution in [0, 0.1) is 0 Å². The Morgan fingerprint density at radius 2 is 2.07 bits per heavy atom. The SMILES string of the molecule is Cn1ccc(-c2nc(N)c(OCc3ccc(C4(CC(=O)O)CCOC4)cn3)nc2-c2cc(Cl)c3ncccc3c2)n1. The molecular formula is C29H26ClN7O4. The third kappa shape index (κ3) is 5.29. The first kappa shape index (κ1) is 26.6. The lowest BCUT2D eigenvalue weighted by molar-refractivity contribution is -0.138. The van der Waals surface area contributed by atoms with E-state index in [1.807, 2.05) is 43.6 Å². The van der Waals surface area contributed by atoms with Crippen LogP contribution in [-0.2, 0) is 28.6 Å². The molecular weight excluding hydrogens is 546 g/mol. The number of nitrogen functional groups attached to an aromatic ring is 1. The number of nitrogens with zero attached hydrogens (tertiary/aromatic N) is 6. The van der Waals surface area contributed by atoms with Gasteiger partial charge >= 0.3 is 5.97 Å². The molecule has 1 saturated heterocycles. The Kier molecular flexibility index (Phi) is 6.98. The van der Waals surface area contributed by atoms with Crippen molar-refractivity contribution in [1.29, 1.82) is 0 Å². The van der Waals surface area contributed by atoms with Gasteiger partial charge in [0.1, 0.15) is 23.7 Å². The molecule has 0 radical (unpaired) electrons. The van der Waals surface area contributed by atoms with Gasteiger partial charge in [-0.3, -0.25) is 19.4 Å². The zero-order valence-corrected chi connectivity index (χ0v) is 22.9. The van der Waals surface area contributed by atoms with E-state index < -0.39 is 11.4 Å². The molecule has 0 saturated carbocycles. The number of carboxylic acids is 1. The first-order chi connectivity index (χ1) is 19.8. The second-order valence-corrected chi connectivity index (χ2v) is 10.4. The van der Waals surface area contributed by atoms with Gasteiger partial charge in [0.05, 0.1) is 29.3 Å². The van der Waals surface area contributed by atoms with Crippen molar-refractivity contribution in [3.63, 3.8) is 0 Å². The van der Waals surface area contributed by atoms with Crippen LogP contribution in [0.5, 0.6) is 5.88 Å². The van der Waals surface area contributed by atoms with Gasteiger partial charge in [-0.05, 0) is 42.3 Å². The topological polar surface area (TPSA) is 151 Å². The van der Waals surface area contributed by atoms with Gasteiger partial charge in [-0.2, -0.15) is 5.10 Å². The third-order valence-electron chi connectivity index (χ3n) is 7.16. The molecule has 5 aromatic rings. The van der Waals surface area contributed by atoms with Gasteiger partial charge in [0.25, 0.3) is 5.88 Å². The zero-order chi connectivity index (χ0) is 28.6. The highest BCUT2D eigenvalue weighted by atomic mass is 35.5. The molecule has 1 unspecified atom stereocenters. The normalized spacial score (nSPS) is 16.7. The number of anilines is 1. The molecule has 208 valence electrons. The molecule has 0 aliphatic carbocycles. The Morgan fingerprint density at radius 1 is 1.20 bits per heavy atom. The number of hydrogen-bond acceptors (Lipinski definition) is 9. The minimum absolute atomic E-state index is 0.0170. The van der Waals surface area contributed by atoms with Gasteiger partial charge in [0.15, 0.2) is 5.82 Å². The minimum Gasteiger partial charge on any atom is -0.481 e. The number of nitrogens with two attached hydrogens (primary N) is 1. The molecule has 1 aromatic carbocycles. The number of ether oxygens (including phenoxy) is 2. The number of pyridine rings is 2. The first-order valence-electron chi connectivity index (χ1n) is 12.9. The molecule has 1 aliphatic rings. The molecule has 6 rings (SSSR count). The summed E-state index contributed by atoms with van der Waals surface area (Å²) in [6, 6.07) is 13.0. The number of fused-ring (bicyclic) bond motifs is 1. The van der Waals surface area contributed by atoms with Crippen LogP contribution in [0.15, 0.2) is 61.1 Å². The predicted octanol–water partition coefficient (Wildman–Crippen LogP) is 4.43. The number of carboxylic acid groups (broad SMARTS) is 1. The molecule has 1 aliphatic heterocycles. The van der Waals surface area contributed by atoms with E-state index in [2.05, 4.69) is 20.1 Å². The summed E-state index contributed by atoms with van der Waals surface area (Å²) in [5.41, 5.74) is 10.1. The Hall–Kier alpha value is -4.61. The molecule has 0 bridgehead atoms. The lowest BCUT2D eigenvalue weighted by Crippen LogP contribution is -2.30. The molecule has 41 heavy (non-hydrogen) atoms. The van der Waals surface area contributed by atoms with Crippen molar-refractivity contribution in [3.05, 3.63) is 77.3 Å². The Labute approximate surface area is 240 Å². The fourth-order valence-corrected chi connectivity index (χ4v) is 5.35. The highest BCUT2D eigenvalue weighted by molar-refractivity contribution is 6.35. The Balaban J connectivity index is 1.32. The number of carbonyl (C=O) groups is 1. The van der Waals surface area contributed by atoms with E-state index in [-0.39, 0.29) is 24.7 Å². The van der Waals surface area contributed by atoms with E-state index in [9.17, 15) is 9.90 Å². The average molecular weight is 572 g/mol. The summed E-state index contributed by atoms with van der Waals surface area (Å²) in [5.74, 6) is -0.631. The predicted molar refractivity (Wildman–Crippen MR) is 152 cm³/mol. The molecule has 0 spiro atoms. The highest BCUT2D eigenvalue weighted by Gasteiger charge is 2.39. The molecule has 3 N–H and O–H groups in total. The lowest BCUT2D eigenvalue weighted by Gasteiger charge is -2.25. The zero-order valence-electron chi connectivity index (χ0n) is 22.1. The maximum absolute atomic E-state index is 11.5. The van der Waals surface area contributed by atoms with Crippen molar-refractivity contribution < 1.29 is 19.4 Å². The maximum atomic E-state index is 11.5. The summed E-state index contributed by atoms with van der Waals surface area (Å²) in [6.07, 6.45) is 5.80. The summed E-state index contributed by atoms with van der Waals surface area (Å²) < 4.78 is 13.2. The average Bonchev–Trinajstić information content (AvgIpc) is 3.62. The van der Waals surface area contributed by atoms with Gasteiger partial charge in [-0.1, -0.05) is 23.7 Å². The summed E-state index contributed by atoms with van der Waals surface area (Å²) in [5, 5.41) is 15.2. The summed E-state index contributed by atoms with van der Waals surface area (Å²) >= 11 is 6.59. The number of aromatic nitrogens is 6. The summed E-state index contributed by atoms with van der Waals surface area (Å²) in [6.45, 7) is 0.946. The number of hydrogen-bond donors (Lipinski definition) is 2. The lowest BCUT2D eigenvalue weighted by atomic mass is 9.78. The van der Waals surface area contributed by atoms with E-state index in [0.29, 0.717) is 58.5 Å². The molecule has 4 aromatic heterocycles. The van der Waals surface area contributed by atoms with Crippen molar-refractivity contribution in [2.45, 2.75) is 24.9 Å². The van der Waals surface area contributed by atoms with Crippen LogP contribution in [0.4, 0.5) is 5.82 Å². The number of aryl methyl sites for hydroxylation is 1. The number of benzene rings is 1. The van der Waals surface area contributed by atoms with E-state index in [1.54, 1.807) is 29.2 Å². The smallest absolute Gasteiger partial charge is 0.304 e. The maximum Gasteiger partial charge on any atom is 0.304 e. The van der Waals surface area contributed by atoms with Crippen LogP contribution in [0.2, 0.25) is 5.02 Å². The number of aliphatic carboxylic acids is 1. The van der Waals surface area contributed by atoms with Crippen molar-refractivity contribution in [1.82, 2.24) is 29.7 Å². The fraction of sp³-hybridized carbons (Fsp3) is 0.241. The quantitative estimate of drug-likeness (QED) is 0.273. The van der Waals surface area contributed by atoms with Gasteiger partial charge in [0.2, 0.25) is 0 Å². The molecule has 11 nitrogen and oxygen atoms in total. The van der Waals surface area contributed by atoms with Crippen LogP contribution < -0.4 is 10.5 Å². The Bertz CT molecular complexity index is 1750. The first-order valence-corrected chi connectivity index (χ1v) is 13.3. The largest absolute Gasteiger partial charge is 0.481 e. The number of rotatable bonds is 8. The molecule has 12 heteroatoms. The van der Waals surface area contributed by atoms with Crippen molar-refractivity contribution in [2.24, 2.45) is 7.05 Å². The van der Waals surface area contributed by atoms with E-state index >= 15 is 0 Å². The van der Waals surface area contributed by atoms with Gasteiger partial charge in [-0.15, -0.1) is 0 Å². The fourth-order valence-electron chi connectivity index (χ4n) is 5.08. The summed E-state index contributed by atoms with van der Waals surface area (Å²) in [4.78, 5) is 29.8. The van der Waals surface area contributed by atoms with Crippen LogP contribution in [0.3, 0.4) is 0 Å². The molecule has 1 fully saturated rings. The molecule has 5 heterocycles. The second kappa shape index (κ2) is 10.8. The third-order valence-corrected chi connectivity index (χ3v) is 7.45. The monoisotopic (exact) mass is 571 g/mol. The second-order valence-electron chi connectivity index (χ2n) is 10.00. The van der Waals surface area contributed by atoms with Crippen LogP contribution >= 0.6 is 11.6 Å². The van der Waals surface area contributed by atoms with Crippen molar-refractivity contribution in [2.75, 3.05) is 18.9 Å². The molecule has 1 atom stereocenters. The summed E-state index contributed by atoms with van der Waals surface area (Å²) in [7, 11) is 1.82. The van der Waals surface area contributed by atoms with Crippen LogP contribution in [0.1, 0.15) is 24.1 Å². The number of halogens is 1. The standard InChI is InChI=1S/C29H26ClN7O4/c1-37-9-6-22(36-37)26-25(18-11-17-3-2-8-32-24(17)21(30)12-18)35-28(27(31)34-26)41-15-20-5-4-19(14-33-20)29(13-23(38)39)7-10-40-16-29/h2-6,8-9,11-12,14H,7,10,13,15-16H2,1H3,(H2,31,34)(H,38,39). The van der Waals surface area contributed by atoms with Gasteiger partial charge in [-0.25, -0.2) is 9.97 Å². The van der Waals surface area contributed by atoms with Gasteiger partial charge < -0.3 is 20.3 Å². The van der Waals surface area contributed by atoms with E-state index in [1.165, 1.54) is 0 Å². The van der Waals surface area contributed by atoms with Crippen molar-refractivity contribution in [3.8, 4) is 28.5 Å². The highest BCUT2D eigenvalue weighted by Crippen LogP contribution is 2.37. The minimum atomic E-state index is -0.870. The van der Waals surface area contributed by atoms with Gasteiger partial charge in [0, 0.05) is 48.6 Å². The van der Waals surface area contributed by atoms with E-state index in [0.717, 1.165) is 10.9 Å². The van der Waals surface area contributed by atoms with Crippen molar-refractivity contribution >= 4 is 34.3 Å².